The first-order chi connectivity index (χ1) is 9.52. The molecule has 2 aromatic carbocycles. The first-order valence-electron chi connectivity index (χ1n) is 6.42. The molecule has 20 heavy (non-hydrogen) atoms. The normalized spacial score (nSPS) is 12.2. The molecule has 0 aliphatic heterocycles. The molecule has 0 amide bonds. The molecule has 2 aromatic rings. The molecule has 0 spiro atoms. The van der Waals surface area contributed by atoms with E-state index in [1.807, 2.05) is 19.9 Å². The van der Waals surface area contributed by atoms with E-state index in [2.05, 4.69) is 5.32 Å². The Morgan fingerprint density at radius 1 is 1.20 bits per heavy atom. The van der Waals surface area contributed by atoms with Gasteiger partial charge in [-0.05, 0) is 56.8 Å². The number of benzene rings is 2. The van der Waals surface area contributed by atoms with Crippen molar-refractivity contribution >= 4 is 11.6 Å². The fourth-order valence-electron chi connectivity index (χ4n) is 2.02. The fourth-order valence-corrected chi connectivity index (χ4v) is 2.24. The van der Waals surface area contributed by atoms with Crippen LogP contribution in [0.2, 0.25) is 5.02 Å². The van der Waals surface area contributed by atoms with E-state index in [9.17, 15) is 4.39 Å². The quantitative estimate of drug-likeness (QED) is 0.869. The highest BCUT2D eigenvalue weighted by molar-refractivity contribution is 6.30. The Balaban J connectivity index is 2.40. The van der Waals surface area contributed by atoms with Crippen LogP contribution in [0.4, 0.5) is 4.39 Å². The van der Waals surface area contributed by atoms with Crippen LogP contribution in [-0.2, 0) is 0 Å². The Morgan fingerprint density at radius 3 is 2.60 bits per heavy atom. The lowest BCUT2D eigenvalue weighted by molar-refractivity contribution is 0.450. The van der Waals surface area contributed by atoms with E-state index >= 15 is 0 Å². The van der Waals surface area contributed by atoms with Crippen LogP contribution in [0.5, 0.6) is 11.5 Å². The molecule has 0 aromatic heterocycles. The van der Waals surface area contributed by atoms with E-state index in [0.717, 1.165) is 5.56 Å². The highest BCUT2D eigenvalue weighted by Crippen LogP contribution is 2.33. The summed E-state index contributed by atoms with van der Waals surface area (Å²) in [6, 6.07) is 10.1. The van der Waals surface area contributed by atoms with Gasteiger partial charge in [-0.1, -0.05) is 17.7 Å². The molecular formula is C16H17ClFNO. The minimum absolute atomic E-state index is 0.140. The number of hydrogen-bond donors (Lipinski definition) is 1. The Bertz CT molecular complexity index is 615. The maximum Gasteiger partial charge on any atom is 0.135 e. The van der Waals surface area contributed by atoms with Gasteiger partial charge in [-0.25, -0.2) is 4.39 Å². The second-order valence-electron chi connectivity index (χ2n) is 4.67. The number of aryl methyl sites for hydroxylation is 1. The second kappa shape index (κ2) is 6.25. The van der Waals surface area contributed by atoms with Gasteiger partial charge in [0.1, 0.15) is 17.3 Å². The monoisotopic (exact) mass is 293 g/mol. The van der Waals surface area contributed by atoms with Gasteiger partial charge < -0.3 is 10.1 Å². The molecule has 1 unspecified atom stereocenters. The Hall–Kier alpha value is -1.58. The maximum atomic E-state index is 14.0. The van der Waals surface area contributed by atoms with Crippen LogP contribution in [0.15, 0.2) is 36.4 Å². The molecule has 0 radical (unpaired) electrons. The van der Waals surface area contributed by atoms with Crippen LogP contribution in [0.25, 0.3) is 0 Å². The lowest BCUT2D eigenvalue weighted by atomic mass is 10.1. The molecule has 1 N–H and O–H groups in total. The predicted molar refractivity (Wildman–Crippen MR) is 80.1 cm³/mol. The van der Waals surface area contributed by atoms with Gasteiger partial charge in [0.15, 0.2) is 0 Å². The van der Waals surface area contributed by atoms with Crippen LogP contribution >= 0.6 is 11.6 Å². The minimum atomic E-state index is -0.282. The van der Waals surface area contributed by atoms with Crippen LogP contribution in [-0.4, -0.2) is 7.05 Å². The standard InChI is InChI=1S/C16H17ClFNO/c1-10-9-12(17)7-8-14(10)20-15-6-4-5-13(18)16(15)11(2)19-3/h4-9,11,19H,1-3H3. The summed E-state index contributed by atoms with van der Waals surface area (Å²) in [5.74, 6) is 0.901. The van der Waals surface area contributed by atoms with Gasteiger partial charge in [0.2, 0.25) is 0 Å². The topological polar surface area (TPSA) is 21.3 Å². The molecule has 0 heterocycles. The van der Waals surface area contributed by atoms with Gasteiger partial charge in [0, 0.05) is 16.6 Å². The third-order valence-electron chi connectivity index (χ3n) is 3.24. The number of ether oxygens (including phenoxy) is 1. The highest BCUT2D eigenvalue weighted by atomic mass is 35.5. The summed E-state index contributed by atoms with van der Waals surface area (Å²) in [5.41, 5.74) is 1.43. The number of hydrogen-bond acceptors (Lipinski definition) is 2. The summed E-state index contributed by atoms with van der Waals surface area (Å²) in [5, 5.41) is 3.68. The summed E-state index contributed by atoms with van der Waals surface area (Å²) in [7, 11) is 1.79. The number of nitrogens with one attached hydrogen (secondary N) is 1. The number of rotatable bonds is 4. The third kappa shape index (κ3) is 3.11. The zero-order valence-corrected chi connectivity index (χ0v) is 12.5. The van der Waals surface area contributed by atoms with Crippen molar-refractivity contribution in [1.82, 2.24) is 5.32 Å². The first-order valence-corrected chi connectivity index (χ1v) is 6.80. The zero-order valence-electron chi connectivity index (χ0n) is 11.7. The molecule has 4 heteroatoms. The van der Waals surface area contributed by atoms with E-state index in [0.29, 0.717) is 22.1 Å². The van der Waals surface area contributed by atoms with Crippen LogP contribution in [0.1, 0.15) is 24.1 Å². The van der Waals surface area contributed by atoms with Gasteiger partial charge >= 0.3 is 0 Å². The fraction of sp³-hybridized carbons (Fsp3) is 0.250. The molecule has 2 nitrogen and oxygen atoms in total. The van der Waals surface area contributed by atoms with E-state index in [4.69, 9.17) is 16.3 Å². The summed E-state index contributed by atoms with van der Waals surface area (Å²) in [4.78, 5) is 0. The van der Waals surface area contributed by atoms with Gasteiger partial charge in [-0.3, -0.25) is 0 Å². The lowest BCUT2D eigenvalue weighted by Gasteiger charge is -2.18. The largest absolute Gasteiger partial charge is 0.457 e. The van der Waals surface area contributed by atoms with Crippen LogP contribution in [0.3, 0.4) is 0 Å². The van der Waals surface area contributed by atoms with Gasteiger partial charge in [0.05, 0.1) is 0 Å². The smallest absolute Gasteiger partial charge is 0.135 e. The second-order valence-corrected chi connectivity index (χ2v) is 5.11. The lowest BCUT2D eigenvalue weighted by Crippen LogP contribution is -2.15. The molecule has 1 atom stereocenters. The Labute approximate surface area is 123 Å². The molecule has 0 saturated carbocycles. The first kappa shape index (κ1) is 14.8. The molecule has 0 bridgehead atoms. The van der Waals surface area contributed by atoms with Gasteiger partial charge in [0.25, 0.3) is 0 Å². The highest BCUT2D eigenvalue weighted by Gasteiger charge is 2.16. The average molecular weight is 294 g/mol. The Kier molecular flexibility index (Phi) is 4.63. The van der Waals surface area contributed by atoms with Crippen molar-refractivity contribution in [1.29, 1.82) is 0 Å². The van der Waals surface area contributed by atoms with Gasteiger partial charge in [-0.15, -0.1) is 0 Å². The zero-order chi connectivity index (χ0) is 14.7. The molecule has 2 rings (SSSR count). The minimum Gasteiger partial charge on any atom is -0.457 e. The molecular weight excluding hydrogens is 277 g/mol. The predicted octanol–water partition coefficient (Wildman–Crippen LogP) is 4.86. The molecule has 106 valence electrons. The Morgan fingerprint density at radius 2 is 1.95 bits per heavy atom. The van der Waals surface area contributed by atoms with Crippen molar-refractivity contribution in [2.75, 3.05) is 7.05 Å². The van der Waals surface area contributed by atoms with E-state index < -0.39 is 0 Å². The van der Waals surface area contributed by atoms with Crippen LogP contribution in [0, 0.1) is 12.7 Å². The summed E-state index contributed by atoms with van der Waals surface area (Å²) in [6.07, 6.45) is 0. The average Bonchev–Trinajstić information content (AvgIpc) is 2.41. The van der Waals surface area contributed by atoms with E-state index in [1.54, 1.807) is 31.3 Å². The summed E-state index contributed by atoms with van der Waals surface area (Å²) in [6.45, 7) is 3.79. The summed E-state index contributed by atoms with van der Waals surface area (Å²) < 4.78 is 19.9. The SMILES string of the molecule is CNC(C)c1c(F)cccc1Oc1ccc(Cl)cc1C. The van der Waals surface area contributed by atoms with Gasteiger partial charge in [-0.2, -0.15) is 0 Å². The van der Waals surface area contributed by atoms with E-state index in [-0.39, 0.29) is 11.9 Å². The van der Waals surface area contributed by atoms with Crippen molar-refractivity contribution in [3.8, 4) is 11.5 Å². The summed E-state index contributed by atoms with van der Waals surface area (Å²) >= 11 is 5.92. The molecule has 0 saturated heterocycles. The molecule has 0 aliphatic carbocycles. The maximum absolute atomic E-state index is 14.0. The van der Waals surface area contributed by atoms with Crippen molar-refractivity contribution < 1.29 is 9.13 Å². The van der Waals surface area contributed by atoms with Crippen molar-refractivity contribution in [2.45, 2.75) is 19.9 Å². The van der Waals surface area contributed by atoms with Crippen molar-refractivity contribution in [2.24, 2.45) is 0 Å². The van der Waals surface area contributed by atoms with E-state index in [1.165, 1.54) is 6.07 Å². The number of halogens is 2. The van der Waals surface area contributed by atoms with Crippen molar-refractivity contribution in [3.63, 3.8) is 0 Å². The molecule has 0 aliphatic rings. The van der Waals surface area contributed by atoms with Crippen molar-refractivity contribution in [3.05, 3.63) is 58.4 Å². The van der Waals surface area contributed by atoms with Crippen LogP contribution < -0.4 is 10.1 Å². The third-order valence-corrected chi connectivity index (χ3v) is 3.47. The molecule has 0 fully saturated rings.